The Morgan fingerprint density at radius 3 is 2.50 bits per heavy atom. The van der Waals surface area contributed by atoms with Crippen molar-refractivity contribution >= 4 is 0 Å². The Morgan fingerprint density at radius 1 is 1.25 bits per heavy atom. The molecule has 2 heteroatoms. The molecule has 1 N–H and O–H groups in total. The third-order valence-corrected chi connectivity index (χ3v) is 3.37. The number of hydrogen-bond donors (Lipinski definition) is 1. The predicted octanol–water partition coefficient (Wildman–Crippen LogP) is 3.63. The van der Waals surface area contributed by atoms with E-state index in [4.69, 9.17) is 4.42 Å². The Labute approximate surface area is 99.4 Å². The van der Waals surface area contributed by atoms with Crippen molar-refractivity contribution in [3.8, 4) is 0 Å². The zero-order chi connectivity index (χ0) is 11.8. The standard InChI is InChI=1S/C14H25NO/c1-4-12(5-2)14(15-6-3)10-9-13-8-7-11-16-13/h7-8,11-12,14-15H,4-6,9-10H2,1-3H3. The smallest absolute Gasteiger partial charge is 0.103 e. The molecule has 0 aromatic carbocycles. The maximum Gasteiger partial charge on any atom is 0.103 e. The van der Waals surface area contributed by atoms with Crippen molar-refractivity contribution < 1.29 is 4.42 Å². The van der Waals surface area contributed by atoms with Crippen LogP contribution in [0.25, 0.3) is 0 Å². The maximum absolute atomic E-state index is 5.38. The lowest BCUT2D eigenvalue weighted by Gasteiger charge is -2.25. The lowest BCUT2D eigenvalue weighted by molar-refractivity contribution is 0.316. The Kier molecular flexibility index (Phi) is 6.24. The van der Waals surface area contributed by atoms with Gasteiger partial charge < -0.3 is 9.73 Å². The summed E-state index contributed by atoms with van der Waals surface area (Å²) in [6.07, 6.45) is 6.49. The third kappa shape index (κ3) is 4.01. The number of furan rings is 1. The monoisotopic (exact) mass is 223 g/mol. The van der Waals surface area contributed by atoms with Crippen molar-refractivity contribution in [2.24, 2.45) is 5.92 Å². The van der Waals surface area contributed by atoms with Gasteiger partial charge in [-0.15, -0.1) is 0 Å². The Bertz CT molecular complexity index is 252. The molecule has 0 saturated heterocycles. The van der Waals surface area contributed by atoms with Crippen LogP contribution in [-0.2, 0) is 6.42 Å². The lowest BCUT2D eigenvalue weighted by Crippen LogP contribution is -2.36. The van der Waals surface area contributed by atoms with E-state index in [2.05, 4.69) is 32.2 Å². The normalized spacial score (nSPS) is 13.2. The second kappa shape index (κ2) is 7.50. The van der Waals surface area contributed by atoms with Gasteiger partial charge in [0.25, 0.3) is 0 Å². The Balaban J connectivity index is 2.43. The van der Waals surface area contributed by atoms with Crippen molar-refractivity contribution in [2.45, 2.75) is 52.5 Å². The summed E-state index contributed by atoms with van der Waals surface area (Å²) < 4.78 is 5.38. The molecule has 1 heterocycles. The molecule has 0 aliphatic carbocycles. The summed E-state index contributed by atoms with van der Waals surface area (Å²) in [5.41, 5.74) is 0. The van der Waals surface area contributed by atoms with Gasteiger partial charge in [-0.1, -0.05) is 33.6 Å². The van der Waals surface area contributed by atoms with Gasteiger partial charge >= 0.3 is 0 Å². The van der Waals surface area contributed by atoms with Crippen LogP contribution >= 0.6 is 0 Å². The summed E-state index contributed by atoms with van der Waals surface area (Å²) in [6, 6.07) is 4.66. The molecule has 0 aliphatic rings. The van der Waals surface area contributed by atoms with Crippen LogP contribution in [0.4, 0.5) is 0 Å². The van der Waals surface area contributed by atoms with E-state index in [1.807, 2.05) is 6.07 Å². The molecule has 0 bridgehead atoms. The van der Waals surface area contributed by atoms with Gasteiger partial charge in [-0.2, -0.15) is 0 Å². The molecule has 0 spiro atoms. The first-order valence-electron chi connectivity index (χ1n) is 6.57. The van der Waals surface area contributed by atoms with Crippen LogP contribution in [0.2, 0.25) is 0 Å². The zero-order valence-electron chi connectivity index (χ0n) is 10.8. The van der Waals surface area contributed by atoms with Crippen LogP contribution < -0.4 is 5.32 Å². The van der Waals surface area contributed by atoms with Gasteiger partial charge in [-0.3, -0.25) is 0 Å². The van der Waals surface area contributed by atoms with Crippen LogP contribution in [-0.4, -0.2) is 12.6 Å². The molecule has 2 nitrogen and oxygen atoms in total. The van der Waals surface area contributed by atoms with Crippen LogP contribution in [0.3, 0.4) is 0 Å². The molecule has 1 rings (SSSR count). The molecule has 0 radical (unpaired) electrons. The quantitative estimate of drug-likeness (QED) is 0.728. The Morgan fingerprint density at radius 2 is 2.00 bits per heavy atom. The SMILES string of the molecule is CCNC(CCc1ccco1)C(CC)CC. The lowest BCUT2D eigenvalue weighted by atomic mass is 9.90. The Hall–Kier alpha value is -0.760. The largest absolute Gasteiger partial charge is 0.469 e. The first-order valence-corrected chi connectivity index (χ1v) is 6.57. The van der Waals surface area contributed by atoms with Gasteiger partial charge in [0, 0.05) is 12.5 Å². The van der Waals surface area contributed by atoms with Crippen molar-refractivity contribution in [3.05, 3.63) is 24.2 Å². The van der Waals surface area contributed by atoms with Gasteiger partial charge in [0.05, 0.1) is 6.26 Å². The number of hydrogen-bond acceptors (Lipinski definition) is 2. The van der Waals surface area contributed by atoms with E-state index in [0.29, 0.717) is 6.04 Å². The van der Waals surface area contributed by atoms with E-state index in [1.54, 1.807) is 6.26 Å². The average molecular weight is 223 g/mol. The minimum atomic E-state index is 0.630. The fourth-order valence-electron chi connectivity index (χ4n) is 2.38. The summed E-state index contributed by atoms with van der Waals surface area (Å²) in [7, 11) is 0. The molecular formula is C14H25NO. The predicted molar refractivity (Wildman–Crippen MR) is 68.6 cm³/mol. The van der Waals surface area contributed by atoms with Crippen molar-refractivity contribution in [2.75, 3.05) is 6.54 Å². The van der Waals surface area contributed by atoms with Crippen molar-refractivity contribution in [1.82, 2.24) is 5.32 Å². The van der Waals surface area contributed by atoms with Crippen molar-refractivity contribution in [1.29, 1.82) is 0 Å². The van der Waals surface area contributed by atoms with Gasteiger partial charge in [0.2, 0.25) is 0 Å². The molecule has 0 fully saturated rings. The summed E-state index contributed by atoms with van der Waals surface area (Å²) in [5, 5.41) is 3.61. The van der Waals surface area contributed by atoms with E-state index in [9.17, 15) is 0 Å². The number of rotatable bonds is 8. The molecule has 1 atom stereocenters. The molecule has 0 saturated carbocycles. The molecular weight excluding hydrogens is 198 g/mol. The van der Waals surface area contributed by atoms with E-state index in [1.165, 1.54) is 19.3 Å². The van der Waals surface area contributed by atoms with E-state index < -0.39 is 0 Å². The zero-order valence-corrected chi connectivity index (χ0v) is 10.8. The molecule has 92 valence electrons. The van der Waals surface area contributed by atoms with Gasteiger partial charge in [-0.05, 0) is 31.0 Å². The van der Waals surface area contributed by atoms with Crippen molar-refractivity contribution in [3.63, 3.8) is 0 Å². The molecule has 1 aromatic rings. The highest BCUT2D eigenvalue weighted by Gasteiger charge is 2.17. The maximum atomic E-state index is 5.38. The molecule has 0 aliphatic heterocycles. The number of aryl methyl sites for hydroxylation is 1. The van der Waals surface area contributed by atoms with E-state index in [-0.39, 0.29) is 0 Å². The van der Waals surface area contributed by atoms with Gasteiger partial charge in [0.15, 0.2) is 0 Å². The second-order valence-corrected chi connectivity index (χ2v) is 4.36. The molecule has 1 unspecified atom stereocenters. The van der Waals surface area contributed by atoms with E-state index >= 15 is 0 Å². The summed E-state index contributed by atoms with van der Waals surface area (Å²) in [6.45, 7) is 7.80. The molecule has 0 amide bonds. The summed E-state index contributed by atoms with van der Waals surface area (Å²) in [4.78, 5) is 0. The van der Waals surface area contributed by atoms with E-state index in [0.717, 1.165) is 24.6 Å². The fraction of sp³-hybridized carbons (Fsp3) is 0.714. The van der Waals surface area contributed by atoms with Gasteiger partial charge in [-0.25, -0.2) is 0 Å². The highest BCUT2D eigenvalue weighted by molar-refractivity contribution is 4.98. The fourth-order valence-corrected chi connectivity index (χ4v) is 2.38. The average Bonchev–Trinajstić information content (AvgIpc) is 2.80. The molecule has 16 heavy (non-hydrogen) atoms. The van der Waals surface area contributed by atoms with Gasteiger partial charge in [0.1, 0.15) is 5.76 Å². The first-order chi connectivity index (χ1) is 7.81. The third-order valence-electron chi connectivity index (χ3n) is 3.37. The second-order valence-electron chi connectivity index (χ2n) is 4.36. The summed E-state index contributed by atoms with van der Waals surface area (Å²) >= 11 is 0. The summed E-state index contributed by atoms with van der Waals surface area (Å²) in [5.74, 6) is 1.89. The minimum Gasteiger partial charge on any atom is -0.469 e. The van der Waals surface area contributed by atoms with Crippen LogP contribution in [0.5, 0.6) is 0 Å². The van der Waals surface area contributed by atoms with Crippen LogP contribution in [0, 0.1) is 5.92 Å². The van der Waals surface area contributed by atoms with Crippen LogP contribution in [0.1, 0.15) is 45.8 Å². The highest BCUT2D eigenvalue weighted by atomic mass is 16.3. The molecule has 1 aromatic heterocycles. The first kappa shape index (κ1) is 13.3. The van der Waals surface area contributed by atoms with Crippen LogP contribution in [0.15, 0.2) is 22.8 Å². The highest BCUT2D eigenvalue weighted by Crippen LogP contribution is 2.18. The minimum absolute atomic E-state index is 0.630. The number of nitrogens with one attached hydrogen (secondary N) is 1. The topological polar surface area (TPSA) is 25.2 Å².